The standard InChI is InChI=1S/C29H29FN4O/c30-25-10-12-26(13-11-25)33-17-19-34(20-18-33)28-27-21-24(9-8-23(27)14-16-31-28)29(35)32-15-4-7-22-5-2-1-3-6-22/h1-3,5-6,8-14,16,21H,4,7,15,17-20H2,(H,32,35). The molecule has 5 rings (SSSR count). The molecule has 0 spiro atoms. The number of hydrogen-bond acceptors (Lipinski definition) is 4. The number of pyridine rings is 1. The molecule has 1 aromatic heterocycles. The quantitative estimate of drug-likeness (QED) is 0.385. The Hall–Kier alpha value is -3.93. The van der Waals surface area contributed by atoms with Crippen molar-refractivity contribution in [1.82, 2.24) is 10.3 Å². The fourth-order valence-corrected chi connectivity index (χ4v) is 4.62. The van der Waals surface area contributed by atoms with Crippen molar-refractivity contribution in [2.75, 3.05) is 42.5 Å². The van der Waals surface area contributed by atoms with Crippen molar-refractivity contribution >= 4 is 28.2 Å². The molecule has 1 fully saturated rings. The van der Waals surface area contributed by atoms with Crippen LogP contribution < -0.4 is 15.1 Å². The topological polar surface area (TPSA) is 48.5 Å². The van der Waals surface area contributed by atoms with Crippen LogP contribution in [0.15, 0.2) is 85.1 Å². The summed E-state index contributed by atoms with van der Waals surface area (Å²) in [6.45, 7) is 3.90. The fourth-order valence-electron chi connectivity index (χ4n) is 4.62. The van der Waals surface area contributed by atoms with Crippen LogP contribution in [0, 0.1) is 5.82 Å². The van der Waals surface area contributed by atoms with Crippen LogP contribution in [0.2, 0.25) is 0 Å². The first-order valence-electron chi connectivity index (χ1n) is 12.1. The van der Waals surface area contributed by atoms with E-state index in [4.69, 9.17) is 0 Å². The van der Waals surface area contributed by atoms with Crippen molar-refractivity contribution in [2.24, 2.45) is 0 Å². The number of amides is 1. The van der Waals surface area contributed by atoms with Gasteiger partial charge in [-0.1, -0.05) is 36.4 Å². The minimum absolute atomic E-state index is 0.0594. The normalized spacial score (nSPS) is 13.7. The molecule has 0 radical (unpaired) electrons. The zero-order valence-corrected chi connectivity index (χ0v) is 19.7. The molecular formula is C29H29FN4O. The number of piperazine rings is 1. The molecule has 1 amide bonds. The Morgan fingerprint density at radius 2 is 1.63 bits per heavy atom. The predicted molar refractivity (Wildman–Crippen MR) is 140 cm³/mol. The van der Waals surface area contributed by atoms with Crippen molar-refractivity contribution in [2.45, 2.75) is 12.8 Å². The van der Waals surface area contributed by atoms with Crippen LogP contribution in [0.4, 0.5) is 15.9 Å². The molecule has 1 N–H and O–H groups in total. The summed E-state index contributed by atoms with van der Waals surface area (Å²) in [5.74, 6) is 0.624. The molecule has 0 atom stereocenters. The van der Waals surface area contributed by atoms with Crippen molar-refractivity contribution in [3.63, 3.8) is 0 Å². The fraction of sp³-hybridized carbons (Fsp3) is 0.241. The van der Waals surface area contributed by atoms with Gasteiger partial charge in [-0.3, -0.25) is 4.79 Å². The van der Waals surface area contributed by atoms with Crippen molar-refractivity contribution in [3.8, 4) is 0 Å². The summed E-state index contributed by atoms with van der Waals surface area (Å²) in [6.07, 6.45) is 3.67. The first-order valence-corrected chi connectivity index (χ1v) is 12.1. The molecule has 178 valence electrons. The molecule has 3 aromatic carbocycles. The van der Waals surface area contributed by atoms with Crippen LogP contribution in [0.1, 0.15) is 22.3 Å². The Labute approximate surface area is 205 Å². The number of rotatable bonds is 7. The van der Waals surface area contributed by atoms with Crippen LogP contribution in [-0.4, -0.2) is 43.6 Å². The summed E-state index contributed by atoms with van der Waals surface area (Å²) >= 11 is 0. The van der Waals surface area contributed by atoms with Gasteiger partial charge in [0.2, 0.25) is 0 Å². The molecule has 0 unspecified atom stereocenters. The van der Waals surface area contributed by atoms with Crippen LogP contribution in [0.3, 0.4) is 0 Å². The lowest BCUT2D eigenvalue weighted by molar-refractivity contribution is 0.0953. The van der Waals surface area contributed by atoms with E-state index in [9.17, 15) is 9.18 Å². The zero-order valence-electron chi connectivity index (χ0n) is 19.7. The molecule has 1 aliphatic rings. The van der Waals surface area contributed by atoms with Gasteiger partial charge < -0.3 is 15.1 Å². The largest absolute Gasteiger partial charge is 0.368 e. The Bertz CT molecular complexity index is 1290. The van der Waals surface area contributed by atoms with Gasteiger partial charge in [0.05, 0.1) is 0 Å². The van der Waals surface area contributed by atoms with E-state index in [0.29, 0.717) is 12.1 Å². The van der Waals surface area contributed by atoms with Gasteiger partial charge in [0.25, 0.3) is 5.91 Å². The van der Waals surface area contributed by atoms with Crippen LogP contribution in [0.5, 0.6) is 0 Å². The molecule has 0 bridgehead atoms. The van der Waals surface area contributed by atoms with E-state index < -0.39 is 0 Å². The average molecular weight is 469 g/mol. The molecule has 0 aliphatic carbocycles. The minimum Gasteiger partial charge on any atom is -0.368 e. The highest BCUT2D eigenvalue weighted by Gasteiger charge is 2.20. The van der Waals surface area contributed by atoms with Crippen molar-refractivity contribution in [3.05, 3.63) is 102 Å². The Kier molecular flexibility index (Phi) is 6.89. The third-order valence-corrected chi connectivity index (χ3v) is 6.55. The Morgan fingerprint density at radius 3 is 2.40 bits per heavy atom. The third kappa shape index (κ3) is 5.43. The molecule has 5 nitrogen and oxygen atoms in total. The summed E-state index contributed by atoms with van der Waals surface area (Å²) in [5, 5.41) is 5.11. The van der Waals surface area contributed by atoms with Crippen molar-refractivity contribution < 1.29 is 9.18 Å². The molecule has 1 saturated heterocycles. The van der Waals surface area contributed by atoms with E-state index in [1.807, 2.05) is 60.8 Å². The second-order valence-electron chi connectivity index (χ2n) is 8.87. The van der Waals surface area contributed by atoms with Crippen LogP contribution >= 0.6 is 0 Å². The van der Waals surface area contributed by atoms with E-state index in [1.165, 1.54) is 17.7 Å². The summed E-state index contributed by atoms with van der Waals surface area (Å²) in [6, 6.07) is 24.8. The van der Waals surface area contributed by atoms with Crippen LogP contribution in [-0.2, 0) is 6.42 Å². The number of halogens is 1. The van der Waals surface area contributed by atoms with E-state index in [-0.39, 0.29) is 11.7 Å². The van der Waals surface area contributed by atoms with E-state index >= 15 is 0 Å². The smallest absolute Gasteiger partial charge is 0.251 e. The first-order chi connectivity index (χ1) is 17.2. The molecule has 4 aromatic rings. The Morgan fingerprint density at radius 1 is 0.886 bits per heavy atom. The first kappa shape index (κ1) is 22.8. The van der Waals surface area contributed by atoms with Crippen LogP contribution in [0.25, 0.3) is 10.8 Å². The number of aromatic nitrogens is 1. The van der Waals surface area contributed by atoms with Gasteiger partial charge in [-0.15, -0.1) is 0 Å². The number of aryl methyl sites for hydroxylation is 1. The monoisotopic (exact) mass is 468 g/mol. The van der Waals surface area contributed by atoms with E-state index in [2.05, 4.69) is 32.2 Å². The van der Waals surface area contributed by atoms with E-state index in [1.54, 1.807) is 0 Å². The van der Waals surface area contributed by atoms with Gasteiger partial charge >= 0.3 is 0 Å². The number of anilines is 2. The third-order valence-electron chi connectivity index (χ3n) is 6.55. The Balaban J connectivity index is 1.24. The molecule has 6 heteroatoms. The van der Waals surface area contributed by atoms with Gasteiger partial charge in [0.15, 0.2) is 0 Å². The molecule has 2 heterocycles. The number of carbonyl (C=O) groups is 1. The number of nitrogens with zero attached hydrogens (tertiary/aromatic N) is 3. The lowest BCUT2D eigenvalue weighted by Crippen LogP contribution is -2.46. The van der Waals surface area contributed by atoms with Gasteiger partial charge in [-0.05, 0) is 66.3 Å². The van der Waals surface area contributed by atoms with Crippen molar-refractivity contribution in [1.29, 1.82) is 0 Å². The maximum Gasteiger partial charge on any atom is 0.251 e. The average Bonchev–Trinajstić information content (AvgIpc) is 2.91. The maximum absolute atomic E-state index is 13.3. The highest BCUT2D eigenvalue weighted by molar-refractivity contribution is 6.01. The number of hydrogen-bond donors (Lipinski definition) is 1. The summed E-state index contributed by atoms with van der Waals surface area (Å²) in [4.78, 5) is 22.0. The number of carbonyl (C=O) groups excluding carboxylic acids is 1. The molecule has 0 saturated carbocycles. The number of fused-ring (bicyclic) bond motifs is 1. The van der Waals surface area contributed by atoms with Gasteiger partial charge in [0, 0.05) is 55.6 Å². The lowest BCUT2D eigenvalue weighted by Gasteiger charge is -2.37. The minimum atomic E-state index is -0.219. The molecule has 35 heavy (non-hydrogen) atoms. The summed E-state index contributed by atoms with van der Waals surface area (Å²) in [7, 11) is 0. The number of nitrogens with one attached hydrogen (secondary N) is 1. The summed E-state index contributed by atoms with van der Waals surface area (Å²) in [5.41, 5.74) is 2.96. The number of benzene rings is 3. The maximum atomic E-state index is 13.3. The lowest BCUT2D eigenvalue weighted by atomic mass is 10.1. The highest BCUT2D eigenvalue weighted by atomic mass is 19.1. The zero-order chi connectivity index (χ0) is 24.0. The second-order valence-corrected chi connectivity index (χ2v) is 8.87. The molecule has 1 aliphatic heterocycles. The molecular weight excluding hydrogens is 439 g/mol. The predicted octanol–water partition coefficient (Wildman–Crippen LogP) is 5.06. The summed E-state index contributed by atoms with van der Waals surface area (Å²) < 4.78 is 13.3. The van der Waals surface area contributed by atoms with Gasteiger partial charge in [-0.2, -0.15) is 0 Å². The van der Waals surface area contributed by atoms with E-state index in [0.717, 1.165) is 61.3 Å². The van der Waals surface area contributed by atoms with Gasteiger partial charge in [0.1, 0.15) is 11.6 Å². The van der Waals surface area contributed by atoms with Gasteiger partial charge in [-0.25, -0.2) is 9.37 Å². The SMILES string of the molecule is O=C(NCCCc1ccccc1)c1ccc2ccnc(N3CCN(c4ccc(F)cc4)CC3)c2c1. The highest BCUT2D eigenvalue weighted by Crippen LogP contribution is 2.27. The second kappa shape index (κ2) is 10.6.